The van der Waals surface area contributed by atoms with Crippen molar-refractivity contribution >= 4 is 5.57 Å². The zero-order valence-electron chi connectivity index (χ0n) is 12.0. The molecule has 1 rings (SSSR count). The smallest absolute Gasteiger partial charge is 0.0197 e. The zero-order valence-corrected chi connectivity index (χ0v) is 12.0. The summed E-state index contributed by atoms with van der Waals surface area (Å²) in [6.45, 7) is 11.3. The summed E-state index contributed by atoms with van der Waals surface area (Å²) in [5.41, 5.74) is 4.58. The van der Waals surface area contributed by atoms with Crippen LogP contribution in [-0.4, -0.2) is 0 Å². The summed E-state index contributed by atoms with van der Waals surface area (Å²) in [4.78, 5) is 0. The Morgan fingerprint density at radius 1 is 1.18 bits per heavy atom. The fourth-order valence-corrected chi connectivity index (χ4v) is 2.11. The number of hydrogen-bond donors (Lipinski definition) is 0. The molecule has 0 heterocycles. The molecule has 0 aliphatic heterocycles. The van der Waals surface area contributed by atoms with Gasteiger partial charge in [0.05, 0.1) is 0 Å². The number of hydrogen-bond acceptors (Lipinski definition) is 0. The maximum atomic E-state index is 2.44. The second-order valence-corrected chi connectivity index (χ2v) is 5.95. The molecule has 1 aromatic carbocycles. The second kappa shape index (κ2) is 6.05. The van der Waals surface area contributed by atoms with Crippen LogP contribution in [0.3, 0.4) is 0 Å². The molecule has 94 valence electrons. The van der Waals surface area contributed by atoms with Gasteiger partial charge < -0.3 is 0 Å². The van der Waals surface area contributed by atoms with Crippen molar-refractivity contribution in [2.45, 2.75) is 53.9 Å². The van der Waals surface area contributed by atoms with Crippen LogP contribution in [0, 0.1) is 12.3 Å². The molecular formula is C17H26. The van der Waals surface area contributed by atoms with Gasteiger partial charge >= 0.3 is 0 Å². The Balaban J connectivity index is 3.07. The van der Waals surface area contributed by atoms with E-state index in [4.69, 9.17) is 0 Å². The second-order valence-electron chi connectivity index (χ2n) is 5.95. The predicted octanol–water partition coefficient (Wildman–Crippen LogP) is 5.61. The lowest BCUT2D eigenvalue weighted by Gasteiger charge is -2.18. The molecule has 0 saturated carbocycles. The van der Waals surface area contributed by atoms with Crippen molar-refractivity contribution in [2.24, 2.45) is 5.41 Å². The third-order valence-corrected chi connectivity index (χ3v) is 2.90. The van der Waals surface area contributed by atoms with Crippen LogP contribution in [0.25, 0.3) is 5.57 Å². The van der Waals surface area contributed by atoms with Crippen molar-refractivity contribution in [2.75, 3.05) is 0 Å². The van der Waals surface area contributed by atoms with E-state index in [0.29, 0.717) is 0 Å². The van der Waals surface area contributed by atoms with Gasteiger partial charge in [-0.1, -0.05) is 64.5 Å². The lowest BCUT2D eigenvalue weighted by molar-refractivity contribution is 0.544. The Labute approximate surface area is 107 Å². The predicted molar refractivity (Wildman–Crippen MR) is 78.1 cm³/mol. The third kappa shape index (κ3) is 4.77. The molecule has 0 spiro atoms. The minimum Gasteiger partial charge on any atom is -0.0753 e. The molecule has 0 unspecified atom stereocenters. The SMILES string of the molecule is CCCC/C(=C\C(C)(C)C)c1ccccc1C. The highest BCUT2D eigenvalue weighted by Crippen LogP contribution is 2.29. The summed E-state index contributed by atoms with van der Waals surface area (Å²) in [7, 11) is 0. The van der Waals surface area contributed by atoms with E-state index >= 15 is 0 Å². The average molecular weight is 230 g/mol. The van der Waals surface area contributed by atoms with Gasteiger partial charge in [0, 0.05) is 0 Å². The van der Waals surface area contributed by atoms with Gasteiger partial charge in [0.25, 0.3) is 0 Å². The molecule has 1 aromatic rings. The zero-order chi connectivity index (χ0) is 12.9. The molecular weight excluding hydrogens is 204 g/mol. The Hall–Kier alpha value is -1.04. The molecule has 0 aromatic heterocycles. The summed E-state index contributed by atoms with van der Waals surface area (Å²) < 4.78 is 0. The van der Waals surface area contributed by atoms with Crippen molar-refractivity contribution in [3.8, 4) is 0 Å². The van der Waals surface area contributed by atoms with Crippen LogP contribution in [0.5, 0.6) is 0 Å². The van der Waals surface area contributed by atoms with Crippen LogP contribution in [0.4, 0.5) is 0 Å². The molecule has 0 aliphatic rings. The van der Waals surface area contributed by atoms with Gasteiger partial charge in [-0.15, -0.1) is 0 Å². The minimum absolute atomic E-state index is 0.255. The standard InChI is InChI=1S/C17H26/c1-6-7-11-15(13-17(3,4)5)16-12-9-8-10-14(16)2/h8-10,12-13H,6-7,11H2,1-5H3/b15-13+. The highest BCUT2D eigenvalue weighted by molar-refractivity contribution is 5.68. The van der Waals surface area contributed by atoms with E-state index in [1.165, 1.54) is 36.0 Å². The first kappa shape index (κ1) is 14.0. The fraction of sp³-hybridized carbons (Fsp3) is 0.529. The monoisotopic (exact) mass is 230 g/mol. The van der Waals surface area contributed by atoms with Crippen molar-refractivity contribution in [1.82, 2.24) is 0 Å². The molecule has 0 aliphatic carbocycles. The van der Waals surface area contributed by atoms with Crippen LogP contribution in [0.15, 0.2) is 30.3 Å². The average Bonchev–Trinajstić information content (AvgIpc) is 2.23. The molecule has 0 atom stereocenters. The summed E-state index contributed by atoms with van der Waals surface area (Å²) in [5.74, 6) is 0. The fourth-order valence-electron chi connectivity index (χ4n) is 2.11. The molecule has 0 fully saturated rings. The molecule has 0 N–H and O–H groups in total. The van der Waals surface area contributed by atoms with Gasteiger partial charge in [-0.05, 0) is 41.9 Å². The lowest BCUT2D eigenvalue weighted by atomic mass is 9.87. The van der Waals surface area contributed by atoms with Crippen LogP contribution in [0.2, 0.25) is 0 Å². The molecule has 0 heteroatoms. The van der Waals surface area contributed by atoms with E-state index < -0.39 is 0 Å². The molecule has 0 amide bonds. The Bertz CT molecular complexity index is 377. The summed E-state index contributed by atoms with van der Waals surface area (Å²) in [6, 6.07) is 8.72. The highest BCUT2D eigenvalue weighted by atomic mass is 14.2. The van der Waals surface area contributed by atoms with E-state index in [9.17, 15) is 0 Å². The highest BCUT2D eigenvalue weighted by Gasteiger charge is 2.11. The van der Waals surface area contributed by atoms with Gasteiger partial charge in [-0.3, -0.25) is 0 Å². The Morgan fingerprint density at radius 3 is 2.35 bits per heavy atom. The van der Waals surface area contributed by atoms with E-state index in [-0.39, 0.29) is 5.41 Å². The topological polar surface area (TPSA) is 0 Å². The molecule has 17 heavy (non-hydrogen) atoms. The number of benzene rings is 1. The van der Waals surface area contributed by atoms with Crippen LogP contribution < -0.4 is 0 Å². The molecule has 0 nitrogen and oxygen atoms in total. The quantitative estimate of drug-likeness (QED) is 0.630. The number of unbranched alkanes of at least 4 members (excludes halogenated alkanes) is 1. The maximum Gasteiger partial charge on any atom is -0.0197 e. The largest absolute Gasteiger partial charge is 0.0753 e. The molecule has 0 bridgehead atoms. The van der Waals surface area contributed by atoms with Gasteiger partial charge in [-0.25, -0.2) is 0 Å². The van der Waals surface area contributed by atoms with Crippen molar-refractivity contribution < 1.29 is 0 Å². The van der Waals surface area contributed by atoms with Crippen molar-refractivity contribution in [1.29, 1.82) is 0 Å². The van der Waals surface area contributed by atoms with Crippen LogP contribution in [0.1, 0.15) is 58.1 Å². The maximum absolute atomic E-state index is 2.44. The number of rotatable bonds is 4. The van der Waals surface area contributed by atoms with E-state index in [1.807, 2.05) is 0 Å². The van der Waals surface area contributed by atoms with Gasteiger partial charge in [0.15, 0.2) is 0 Å². The lowest BCUT2D eigenvalue weighted by Crippen LogP contribution is -2.02. The van der Waals surface area contributed by atoms with Crippen LogP contribution >= 0.6 is 0 Å². The molecule has 0 radical (unpaired) electrons. The third-order valence-electron chi connectivity index (χ3n) is 2.90. The Kier molecular flexibility index (Phi) is 4.99. The number of aryl methyl sites for hydroxylation is 1. The van der Waals surface area contributed by atoms with Gasteiger partial charge in [0.1, 0.15) is 0 Å². The summed E-state index contributed by atoms with van der Waals surface area (Å²) >= 11 is 0. The number of allylic oxidation sites excluding steroid dienone is 2. The minimum atomic E-state index is 0.255. The van der Waals surface area contributed by atoms with E-state index in [2.05, 4.69) is 65.0 Å². The van der Waals surface area contributed by atoms with E-state index in [0.717, 1.165) is 0 Å². The first-order valence-electron chi connectivity index (χ1n) is 6.72. The van der Waals surface area contributed by atoms with Crippen LogP contribution in [-0.2, 0) is 0 Å². The molecule has 0 saturated heterocycles. The first-order valence-corrected chi connectivity index (χ1v) is 6.72. The normalized spacial score (nSPS) is 12.9. The van der Waals surface area contributed by atoms with Gasteiger partial charge in [-0.2, -0.15) is 0 Å². The van der Waals surface area contributed by atoms with Crippen molar-refractivity contribution in [3.05, 3.63) is 41.5 Å². The van der Waals surface area contributed by atoms with E-state index in [1.54, 1.807) is 0 Å². The summed E-state index contributed by atoms with van der Waals surface area (Å²) in [6.07, 6.45) is 6.16. The first-order chi connectivity index (χ1) is 7.94. The summed E-state index contributed by atoms with van der Waals surface area (Å²) in [5, 5.41) is 0. The van der Waals surface area contributed by atoms with Gasteiger partial charge in [0.2, 0.25) is 0 Å². The Morgan fingerprint density at radius 2 is 1.82 bits per heavy atom. The van der Waals surface area contributed by atoms with Crippen molar-refractivity contribution in [3.63, 3.8) is 0 Å².